The van der Waals surface area contributed by atoms with Gasteiger partial charge in [0.1, 0.15) is 8.64 Å². The molecule has 0 radical (unpaired) electrons. The van der Waals surface area contributed by atoms with Gasteiger partial charge in [0, 0.05) is 37.9 Å². The maximum atomic E-state index is 12.2. The Morgan fingerprint density at radius 1 is 0.719 bits per heavy atom. The summed E-state index contributed by atoms with van der Waals surface area (Å²) in [6, 6.07) is 7.62. The SMILES string of the molecule is CC(SC(=S)n1cccc1)C(=O)NCCCCCCNC(=O)C(C)SC(=S)n1cccc1. The molecular weight excluding hydrogens is 481 g/mol. The van der Waals surface area contributed by atoms with Gasteiger partial charge in [0.2, 0.25) is 11.8 Å². The molecule has 6 nitrogen and oxygen atoms in total. The molecule has 2 aromatic rings. The highest BCUT2D eigenvalue weighted by atomic mass is 32.2. The van der Waals surface area contributed by atoms with Crippen LogP contribution in [0.15, 0.2) is 49.1 Å². The Balaban J connectivity index is 1.48. The van der Waals surface area contributed by atoms with E-state index in [9.17, 15) is 9.59 Å². The zero-order valence-corrected chi connectivity index (χ0v) is 21.6. The fraction of sp³-hybridized carbons (Fsp3) is 0.455. The van der Waals surface area contributed by atoms with Crippen molar-refractivity contribution in [3.05, 3.63) is 49.1 Å². The fourth-order valence-electron chi connectivity index (χ4n) is 2.76. The topological polar surface area (TPSA) is 68.1 Å². The Bertz CT molecular complexity index is 796. The van der Waals surface area contributed by atoms with Crippen molar-refractivity contribution in [3.63, 3.8) is 0 Å². The van der Waals surface area contributed by atoms with Crippen LogP contribution in [-0.2, 0) is 9.59 Å². The Hall–Kier alpha value is -1.62. The molecule has 0 fully saturated rings. The zero-order chi connectivity index (χ0) is 23.3. The minimum absolute atomic E-state index is 0.00100. The number of nitrogens with zero attached hydrogens (tertiary/aromatic N) is 2. The molecule has 2 amide bonds. The molecule has 2 unspecified atom stereocenters. The summed E-state index contributed by atoms with van der Waals surface area (Å²) >= 11 is 13.4. The molecule has 32 heavy (non-hydrogen) atoms. The first kappa shape index (κ1) is 26.6. The van der Waals surface area contributed by atoms with Gasteiger partial charge in [-0.3, -0.25) is 9.59 Å². The molecule has 0 aliphatic carbocycles. The van der Waals surface area contributed by atoms with Crippen LogP contribution in [-0.4, -0.2) is 53.2 Å². The summed E-state index contributed by atoms with van der Waals surface area (Å²) in [7, 11) is 0. The summed E-state index contributed by atoms with van der Waals surface area (Å²) in [6.07, 6.45) is 11.3. The minimum atomic E-state index is -0.231. The van der Waals surface area contributed by atoms with E-state index in [0.29, 0.717) is 21.7 Å². The Morgan fingerprint density at radius 2 is 1.06 bits per heavy atom. The lowest BCUT2D eigenvalue weighted by Crippen LogP contribution is -2.33. The van der Waals surface area contributed by atoms with E-state index < -0.39 is 0 Å². The molecule has 0 aromatic carbocycles. The van der Waals surface area contributed by atoms with Gasteiger partial charge in [0.15, 0.2) is 0 Å². The van der Waals surface area contributed by atoms with Crippen molar-refractivity contribution >= 4 is 68.4 Å². The van der Waals surface area contributed by atoms with Gasteiger partial charge in [-0.2, -0.15) is 0 Å². The largest absolute Gasteiger partial charge is 0.355 e. The minimum Gasteiger partial charge on any atom is -0.355 e. The van der Waals surface area contributed by atoms with Crippen molar-refractivity contribution < 1.29 is 9.59 Å². The number of aromatic nitrogens is 2. The summed E-state index contributed by atoms with van der Waals surface area (Å²) < 4.78 is 5.00. The van der Waals surface area contributed by atoms with Crippen molar-refractivity contribution in [2.24, 2.45) is 0 Å². The van der Waals surface area contributed by atoms with Crippen LogP contribution in [0.25, 0.3) is 0 Å². The molecule has 2 rings (SSSR count). The molecule has 0 aliphatic rings. The maximum Gasteiger partial charge on any atom is 0.233 e. The zero-order valence-electron chi connectivity index (χ0n) is 18.4. The molecule has 10 heteroatoms. The van der Waals surface area contributed by atoms with Gasteiger partial charge in [-0.05, 0) is 51.0 Å². The molecule has 0 saturated carbocycles. The summed E-state index contributed by atoms with van der Waals surface area (Å²) in [4.78, 5) is 24.4. The number of unbranched alkanes of at least 4 members (excludes halogenated alkanes) is 3. The van der Waals surface area contributed by atoms with Crippen LogP contribution in [0, 0.1) is 0 Å². The number of thioether (sulfide) groups is 2. The van der Waals surface area contributed by atoms with Crippen molar-refractivity contribution in [2.45, 2.75) is 50.0 Å². The number of nitrogens with one attached hydrogen (secondary N) is 2. The number of hydrogen-bond acceptors (Lipinski definition) is 6. The van der Waals surface area contributed by atoms with E-state index in [1.807, 2.05) is 72.0 Å². The second-order valence-electron chi connectivity index (χ2n) is 7.23. The Labute approximate surface area is 209 Å². The van der Waals surface area contributed by atoms with E-state index >= 15 is 0 Å². The van der Waals surface area contributed by atoms with Crippen LogP contribution in [0.1, 0.15) is 39.5 Å². The third kappa shape index (κ3) is 9.48. The standard InChI is InChI=1S/C22H30N4O2S4/c1-17(31-21(29)25-13-7-8-14-25)19(27)23-11-5-3-4-6-12-24-20(28)18(2)32-22(30)26-15-9-10-16-26/h7-10,13-18H,3-6,11-12H2,1-2H3,(H,23,27)(H,24,28). The van der Waals surface area contributed by atoms with E-state index in [1.165, 1.54) is 23.5 Å². The fourth-order valence-corrected chi connectivity index (χ4v) is 5.34. The molecule has 0 spiro atoms. The lowest BCUT2D eigenvalue weighted by Gasteiger charge is -2.13. The van der Waals surface area contributed by atoms with Gasteiger partial charge >= 0.3 is 0 Å². The molecule has 2 atom stereocenters. The van der Waals surface area contributed by atoms with Gasteiger partial charge in [0.05, 0.1) is 10.5 Å². The van der Waals surface area contributed by atoms with Crippen molar-refractivity contribution in [2.75, 3.05) is 13.1 Å². The number of thiocarbonyl (C=S) groups is 2. The van der Waals surface area contributed by atoms with Crippen molar-refractivity contribution in [1.29, 1.82) is 0 Å². The van der Waals surface area contributed by atoms with E-state index in [4.69, 9.17) is 24.4 Å². The van der Waals surface area contributed by atoms with E-state index in [1.54, 1.807) is 0 Å². The molecule has 0 saturated heterocycles. The molecule has 0 aliphatic heterocycles. The monoisotopic (exact) mass is 510 g/mol. The van der Waals surface area contributed by atoms with Crippen molar-refractivity contribution in [3.8, 4) is 0 Å². The quantitative estimate of drug-likeness (QED) is 0.347. The molecule has 2 heterocycles. The van der Waals surface area contributed by atoms with Crippen LogP contribution in [0.4, 0.5) is 0 Å². The number of amides is 2. The average Bonchev–Trinajstić information content (AvgIpc) is 3.49. The van der Waals surface area contributed by atoms with E-state index in [0.717, 1.165) is 25.7 Å². The Morgan fingerprint density at radius 3 is 1.41 bits per heavy atom. The van der Waals surface area contributed by atoms with Crippen LogP contribution >= 0.6 is 48.0 Å². The lowest BCUT2D eigenvalue weighted by atomic mass is 10.2. The maximum absolute atomic E-state index is 12.2. The number of hydrogen-bond donors (Lipinski definition) is 2. The average molecular weight is 511 g/mol. The van der Waals surface area contributed by atoms with Gasteiger partial charge in [-0.25, -0.2) is 0 Å². The van der Waals surface area contributed by atoms with Crippen LogP contribution in [0.3, 0.4) is 0 Å². The van der Waals surface area contributed by atoms with Crippen LogP contribution < -0.4 is 10.6 Å². The summed E-state index contributed by atoms with van der Waals surface area (Å²) in [5.41, 5.74) is 0. The number of carbonyl (C=O) groups is 2. The van der Waals surface area contributed by atoms with Crippen LogP contribution in [0.2, 0.25) is 0 Å². The first-order chi connectivity index (χ1) is 15.4. The highest BCUT2D eigenvalue weighted by Gasteiger charge is 2.17. The van der Waals surface area contributed by atoms with Gasteiger partial charge in [0.25, 0.3) is 0 Å². The van der Waals surface area contributed by atoms with Gasteiger partial charge in [-0.1, -0.05) is 60.8 Å². The predicted octanol–water partition coefficient (Wildman–Crippen LogP) is 4.29. The third-order valence-electron chi connectivity index (χ3n) is 4.63. The van der Waals surface area contributed by atoms with E-state index in [2.05, 4.69) is 10.6 Å². The normalized spacial score (nSPS) is 12.7. The van der Waals surface area contributed by atoms with Crippen molar-refractivity contribution in [1.82, 2.24) is 19.8 Å². The second kappa shape index (κ2) is 14.5. The first-order valence-corrected chi connectivity index (χ1v) is 13.2. The summed E-state index contributed by atoms with van der Waals surface area (Å²) in [6.45, 7) is 5.03. The molecule has 2 N–H and O–H groups in total. The molecule has 174 valence electrons. The van der Waals surface area contributed by atoms with Crippen LogP contribution in [0.5, 0.6) is 0 Å². The van der Waals surface area contributed by atoms with Gasteiger partial charge in [-0.15, -0.1) is 0 Å². The number of rotatable bonds is 11. The summed E-state index contributed by atoms with van der Waals surface area (Å²) in [5.74, 6) is 0.00201. The lowest BCUT2D eigenvalue weighted by molar-refractivity contribution is -0.121. The highest BCUT2D eigenvalue weighted by Crippen LogP contribution is 2.16. The smallest absolute Gasteiger partial charge is 0.233 e. The Kier molecular flexibility index (Phi) is 12.1. The summed E-state index contributed by atoms with van der Waals surface area (Å²) in [5, 5.41) is 5.48. The number of carbonyl (C=O) groups excluding carboxylic acids is 2. The molecule has 0 bridgehead atoms. The predicted molar refractivity (Wildman–Crippen MR) is 143 cm³/mol. The van der Waals surface area contributed by atoms with E-state index in [-0.39, 0.29) is 22.3 Å². The first-order valence-electron chi connectivity index (χ1n) is 10.6. The van der Waals surface area contributed by atoms with Gasteiger partial charge < -0.3 is 19.8 Å². The highest BCUT2D eigenvalue weighted by molar-refractivity contribution is 8.24. The molecular formula is C22H30N4O2S4. The molecule has 2 aromatic heterocycles. The third-order valence-corrected chi connectivity index (χ3v) is 7.59. The second-order valence-corrected chi connectivity index (χ2v) is 11.2.